The Balaban J connectivity index is 2.78. The molecule has 0 heterocycles. The molecule has 0 atom stereocenters. The predicted octanol–water partition coefficient (Wildman–Crippen LogP) is 2.69. The summed E-state index contributed by atoms with van der Waals surface area (Å²) in [5, 5.41) is 2.88. The molecule has 1 rings (SSSR count). The smallest absolute Gasteiger partial charge is 0.225 e. The first kappa shape index (κ1) is 18.6. The van der Waals surface area contributed by atoms with Gasteiger partial charge >= 0.3 is 0 Å². The van der Waals surface area contributed by atoms with Crippen molar-refractivity contribution in [3.63, 3.8) is 0 Å². The number of nitrogens with one attached hydrogen (secondary N) is 1. The number of carbonyl (C=O) groups is 1. The molecule has 1 aromatic rings. The minimum atomic E-state index is -3.35. The SMILES string of the molecule is Cc1cccc(C)c1NC(=O)CCN(C(C)(C)C)S(C)(=O)=O. The fourth-order valence-electron chi connectivity index (χ4n) is 2.42. The van der Waals surface area contributed by atoms with E-state index in [0.717, 1.165) is 16.8 Å². The molecule has 0 radical (unpaired) electrons. The van der Waals surface area contributed by atoms with Crippen molar-refractivity contribution in [3.8, 4) is 0 Å². The molecule has 0 aliphatic carbocycles. The van der Waals surface area contributed by atoms with E-state index < -0.39 is 15.6 Å². The number of amides is 1. The minimum absolute atomic E-state index is 0.123. The Labute approximate surface area is 133 Å². The quantitative estimate of drug-likeness (QED) is 0.904. The van der Waals surface area contributed by atoms with Crippen LogP contribution in [0.2, 0.25) is 0 Å². The first-order valence-electron chi connectivity index (χ1n) is 7.27. The largest absolute Gasteiger partial charge is 0.326 e. The minimum Gasteiger partial charge on any atom is -0.326 e. The summed E-state index contributed by atoms with van der Waals surface area (Å²) in [6.07, 6.45) is 1.29. The molecular weight excluding hydrogens is 300 g/mol. The number of para-hydroxylation sites is 1. The van der Waals surface area contributed by atoms with Crippen LogP contribution in [0.1, 0.15) is 38.3 Å². The third kappa shape index (κ3) is 5.10. The second-order valence-corrected chi connectivity index (χ2v) is 8.48. The van der Waals surface area contributed by atoms with Crippen molar-refractivity contribution in [2.75, 3.05) is 18.1 Å². The number of benzene rings is 1. The molecule has 0 saturated carbocycles. The Hall–Kier alpha value is -1.40. The lowest BCUT2D eigenvalue weighted by atomic mass is 10.1. The van der Waals surface area contributed by atoms with E-state index in [4.69, 9.17) is 0 Å². The summed E-state index contributed by atoms with van der Waals surface area (Å²) < 4.78 is 25.1. The fraction of sp³-hybridized carbons (Fsp3) is 0.562. The molecular formula is C16H26N2O3S. The van der Waals surface area contributed by atoms with Gasteiger partial charge in [0.05, 0.1) is 6.26 Å². The highest BCUT2D eigenvalue weighted by molar-refractivity contribution is 7.88. The standard InChI is InChI=1S/C16H26N2O3S/c1-12-8-7-9-13(2)15(12)17-14(19)10-11-18(16(3,4)5)22(6,20)21/h7-9H,10-11H2,1-6H3,(H,17,19). The van der Waals surface area contributed by atoms with Gasteiger partial charge in [0.2, 0.25) is 15.9 Å². The van der Waals surface area contributed by atoms with Gasteiger partial charge in [-0.1, -0.05) is 18.2 Å². The number of hydrogen-bond donors (Lipinski definition) is 1. The lowest BCUT2D eigenvalue weighted by molar-refractivity contribution is -0.116. The van der Waals surface area contributed by atoms with Crippen LogP contribution in [0.5, 0.6) is 0 Å². The first-order valence-corrected chi connectivity index (χ1v) is 9.11. The average Bonchev–Trinajstić information content (AvgIpc) is 2.30. The van der Waals surface area contributed by atoms with Gasteiger partial charge in [0, 0.05) is 24.2 Å². The molecule has 0 aromatic heterocycles. The van der Waals surface area contributed by atoms with Crippen LogP contribution in [-0.4, -0.2) is 37.0 Å². The summed E-state index contributed by atoms with van der Waals surface area (Å²) in [4.78, 5) is 12.1. The van der Waals surface area contributed by atoms with Crippen LogP contribution >= 0.6 is 0 Å². The topological polar surface area (TPSA) is 66.5 Å². The van der Waals surface area contributed by atoms with Crippen LogP contribution in [0.3, 0.4) is 0 Å². The zero-order chi connectivity index (χ0) is 17.1. The van der Waals surface area contributed by atoms with E-state index in [0.29, 0.717) is 0 Å². The average molecular weight is 326 g/mol. The van der Waals surface area contributed by atoms with Gasteiger partial charge in [0.25, 0.3) is 0 Å². The Kier molecular flexibility index (Phi) is 5.76. The number of rotatable bonds is 5. The van der Waals surface area contributed by atoms with Crippen LogP contribution in [0.4, 0.5) is 5.69 Å². The number of anilines is 1. The van der Waals surface area contributed by atoms with Crippen molar-refractivity contribution in [2.45, 2.75) is 46.6 Å². The van der Waals surface area contributed by atoms with Crippen molar-refractivity contribution < 1.29 is 13.2 Å². The van der Waals surface area contributed by atoms with Crippen LogP contribution < -0.4 is 5.32 Å². The van der Waals surface area contributed by atoms with Gasteiger partial charge in [0.1, 0.15) is 0 Å². The number of nitrogens with zero attached hydrogens (tertiary/aromatic N) is 1. The molecule has 1 aromatic carbocycles. The lowest BCUT2D eigenvalue weighted by Crippen LogP contribution is -2.46. The number of aryl methyl sites for hydroxylation is 2. The van der Waals surface area contributed by atoms with E-state index in [1.54, 1.807) is 0 Å². The predicted molar refractivity (Wildman–Crippen MR) is 90.5 cm³/mol. The molecule has 0 unspecified atom stereocenters. The maximum absolute atomic E-state index is 12.1. The summed E-state index contributed by atoms with van der Waals surface area (Å²) >= 11 is 0. The second-order valence-electron chi connectivity index (χ2n) is 6.57. The van der Waals surface area contributed by atoms with Crippen molar-refractivity contribution in [1.29, 1.82) is 0 Å². The summed E-state index contributed by atoms with van der Waals surface area (Å²) in [5.74, 6) is -0.185. The lowest BCUT2D eigenvalue weighted by Gasteiger charge is -2.33. The monoisotopic (exact) mass is 326 g/mol. The molecule has 0 spiro atoms. The molecule has 1 amide bonds. The third-order valence-electron chi connectivity index (χ3n) is 3.44. The summed E-state index contributed by atoms with van der Waals surface area (Å²) in [7, 11) is -3.35. The molecule has 5 nitrogen and oxygen atoms in total. The molecule has 22 heavy (non-hydrogen) atoms. The van der Waals surface area contributed by atoms with Gasteiger partial charge in [0.15, 0.2) is 0 Å². The Morgan fingerprint density at radius 1 is 1.18 bits per heavy atom. The van der Waals surface area contributed by atoms with Crippen LogP contribution in [0, 0.1) is 13.8 Å². The Morgan fingerprint density at radius 2 is 1.68 bits per heavy atom. The highest BCUT2D eigenvalue weighted by atomic mass is 32.2. The Morgan fingerprint density at radius 3 is 2.09 bits per heavy atom. The molecule has 124 valence electrons. The summed E-state index contributed by atoms with van der Waals surface area (Å²) in [6.45, 7) is 9.48. The number of sulfonamides is 1. The Bertz CT molecular complexity index is 626. The van der Waals surface area contributed by atoms with E-state index >= 15 is 0 Å². The van der Waals surface area contributed by atoms with E-state index in [1.165, 1.54) is 10.6 Å². The number of carbonyl (C=O) groups excluding carboxylic acids is 1. The zero-order valence-corrected chi connectivity index (χ0v) is 15.0. The summed E-state index contributed by atoms with van der Waals surface area (Å²) in [6, 6.07) is 5.80. The van der Waals surface area contributed by atoms with Crippen LogP contribution in [0.25, 0.3) is 0 Å². The van der Waals surface area contributed by atoms with Crippen molar-refractivity contribution >= 4 is 21.6 Å². The first-order chi connectivity index (χ1) is 9.93. The normalized spacial score (nSPS) is 12.5. The van der Waals surface area contributed by atoms with E-state index in [2.05, 4.69) is 5.32 Å². The van der Waals surface area contributed by atoms with Crippen molar-refractivity contribution in [3.05, 3.63) is 29.3 Å². The van der Waals surface area contributed by atoms with E-state index in [-0.39, 0.29) is 18.9 Å². The third-order valence-corrected chi connectivity index (χ3v) is 4.97. The maximum Gasteiger partial charge on any atom is 0.225 e. The van der Waals surface area contributed by atoms with Crippen LogP contribution in [-0.2, 0) is 14.8 Å². The number of hydrogen-bond acceptors (Lipinski definition) is 3. The second kappa shape index (κ2) is 6.79. The van der Waals surface area contributed by atoms with Gasteiger partial charge in [-0.15, -0.1) is 0 Å². The fourth-order valence-corrected chi connectivity index (χ4v) is 3.83. The van der Waals surface area contributed by atoms with Gasteiger partial charge in [-0.3, -0.25) is 4.79 Å². The van der Waals surface area contributed by atoms with Crippen LogP contribution in [0.15, 0.2) is 18.2 Å². The molecule has 0 saturated heterocycles. The van der Waals surface area contributed by atoms with Crippen molar-refractivity contribution in [2.24, 2.45) is 0 Å². The van der Waals surface area contributed by atoms with Gasteiger partial charge in [-0.2, -0.15) is 4.31 Å². The maximum atomic E-state index is 12.1. The van der Waals surface area contributed by atoms with Gasteiger partial charge < -0.3 is 5.32 Å². The van der Waals surface area contributed by atoms with E-state index in [9.17, 15) is 13.2 Å². The molecule has 0 fully saturated rings. The molecule has 0 aliphatic rings. The zero-order valence-electron chi connectivity index (χ0n) is 14.2. The highest BCUT2D eigenvalue weighted by Crippen LogP contribution is 2.21. The molecule has 6 heteroatoms. The summed E-state index contributed by atoms with van der Waals surface area (Å²) in [5.41, 5.74) is 2.23. The van der Waals surface area contributed by atoms with Crippen molar-refractivity contribution in [1.82, 2.24) is 4.31 Å². The molecule has 0 aliphatic heterocycles. The van der Waals surface area contributed by atoms with Gasteiger partial charge in [-0.05, 0) is 45.7 Å². The van der Waals surface area contributed by atoms with E-state index in [1.807, 2.05) is 52.8 Å². The highest BCUT2D eigenvalue weighted by Gasteiger charge is 2.29. The molecule has 0 bridgehead atoms. The molecule has 1 N–H and O–H groups in total. The van der Waals surface area contributed by atoms with Gasteiger partial charge in [-0.25, -0.2) is 8.42 Å².